The standard InChI is InChI=1S/C31H42N4O2.C30H38N4O2.C29H36N4O2.C24H25N3O2/c1-6-14-34(15-7-2)30(36)24-12-10-23(11-13-24)27-21-28-25(18-22(27)5)19-26(20-29(32)33-28)31(37)35(16-8-3)17-9-4;1-4-6-14-33(13-5-2)30(36)25-18-24-17-21(3)26(20-27(24)32-28(31)19-25)22-9-11-23(12-10-22)29(35)34-15-7-8-16-34;1-4-12-32(13-5-2)29(35)24-17-23-16-20(3)25(19-26(23)31-27(30)18-24)21-8-10-22(11-9-21)28(34)33-14-6-7-15-33;1-15-11-20-12-19(16(2)28)13-23(25)26-22(20)14-21(15)17-5-7-18(8-6-17)24(29)27-9-3-4-10-27/h10-13,18-19,21H,6-9,14-17,20H2,1-5H3,(H2,32,33);9-12,17-18,20H,4-8,13-16,19H2,1-3H3,(H2,31,32);8-11,16-17,19H,4-7,12-15,18H2,1-3H3,(H2,30,31);5-8,11-12,14H,3-4,9-10,13H2,1-2H3,(H2,25,26). The van der Waals surface area contributed by atoms with Crippen LogP contribution in [-0.2, 0) is 19.2 Å². The van der Waals surface area contributed by atoms with Gasteiger partial charge in [0.25, 0.3) is 23.6 Å². The van der Waals surface area contributed by atoms with Crippen molar-refractivity contribution < 1.29 is 38.4 Å². The van der Waals surface area contributed by atoms with Crippen molar-refractivity contribution in [3.63, 3.8) is 0 Å². The second kappa shape index (κ2) is 48.8. The van der Waals surface area contributed by atoms with E-state index in [2.05, 4.69) is 114 Å². The molecular formula is C114H141N15O8. The lowest BCUT2D eigenvalue weighted by atomic mass is 9.95. The molecule has 0 aromatic heterocycles. The van der Waals surface area contributed by atoms with Crippen LogP contribution in [0, 0.1) is 27.7 Å². The lowest BCUT2D eigenvalue weighted by molar-refractivity contribution is -0.128. The predicted octanol–water partition coefficient (Wildman–Crippen LogP) is 21.6. The number of amides is 7. The highest BCUT2D eigenvalue weighted by Crippen LogP contribution is 2.41. The van der Waals surface area contributed by atoms with Gasteiger partial charge in [0.2, 0.25) is 17.7 Å². The summed E-state index contributed by atoms with van der Waals surface area (Å²) in [7, 11) is 0. The number of hydrogen-bond acceptors (Lipinski definition) is 16. The summed E-state index contributed by atoms with van der Waals surface area (Å²) < 4.78 is 0. The van der Waals surface area contributed by atoms with E-state index in [0.29, 0.717) is 76.9 Å². The summed E-state index contributed by atoms with van der Waals surface area (Å²) in [4.78, 5) is 135. The van der Waals surface area contributed by atoms with Gasteiger partial charge in [-0.05, 0) is 313 Å². The van der Waals surface area contributed by atoms with Crippen molar-refractivity contribution in [1.29, 1.82) is 0 Å². The second-order valence-electron chi connectivity index (χ2n) is 37.1. The molecule has 7 amide bonds. The number of aryl methyl sites for hydroxylation is 4. The van der Waals surface area contributed by atoms with E-state index in [9.17, 15) is 38.4 Å². The molecule has 7 heterocycles. The smallest absolute Gasteiger partial charge is 0.253 e. The third-order valence-corrected chi connectivity index (χ3v) is 26.0. The van der Waals surface area contributed by atoms with Gasteiger partial charge in [-0.15, -0.1) is 0 Å². The normalized spacial score (nSPS) is 14.7. The van der Waals surface area contributed by atoms with Gasteiger partial charge in [0.15, 0.2) is 5.78 Å². The molecule has 7 aliphatic rings. The Morgan fingerprint density at radius 3 is 0.737 bits per heavy atom. The number of carbonyl (C=O) groups is 8. The van der Waals surface area contributed by atoms with Crippen molar-refractivity contribution in [3.8, 4) is 44.5 Å². The van der Waals surface area contributed by atoms with Crippen LogP contribution in [-0.4, -0.2) is 196 Å². The van der Waals surface area contributed by atoms with Gasteiger partial charge in [0.05, 0.1) is 22.7 Å². The van der Waals surface area contributed by atoms with Gasteiger partial charge in [-0.1, -0.05) is 110 Å². The number of unbranched alkanes of at least 4 members (excludes halogenated alkanes) is 1. The summed E-state index contributed by atoms with van der Waals surface area (Å²) in [6.07, 6.45) is 24.2. The Balaban J connectivity index is 0.000000165. The van der Waals surface area contributed by atoms with E-state index in [1.54, 1.807) is 6.92 Å². The van der Waals surface area contributed by atoms with Gasteiger partial charge in [0.1, 0.15) is 23.3 Å². The number of aliphatic imine (C=N–C) groups is 4. The maximum absolute atomic E-state index is 13.4. The van der Waals surface area contributed by atoms with Crippen LogP contribution in [0.15, 0.2) is 188 Å². The van der Waals surface area contributed by atoms with E-state index in [1.807, 2.05) is 193 Å². The minimum Gasteiger partial charge on any atom is -0.387 e. The van der Waals surface area contributed by atoms with Crippen LogP contribution in [0.25, 0.3) is 68.8 Å². The Labute approximate surface area is 811 Å². The minimum absolute atomic E-state index is 0.0102. The van der Waals surface area contributed by atoms with E-state index in [4.69, 9.17) is 22.9 Å². The third kappa shape index (κ3) is 26.2. The number of likely N-dealkylation sites (tertiary alicyclic amines) is 3. The molecule has 0 unspecified atom stereocenters. The van der Waals surface area contributed by atoms with E-state index >= 15 is 0 Å². The van der Waals surface area contributed by atoms with E-state index < -0.39 is 0 Å². The molecule has 720 valence electrons. The molecule has 3 saturated heterocycles. The number of carbonyl (C=O) groups excluding carboxylic acids is 8. The molecule has 0 spiro atoms. The average Bonchev–Trinajstić information content (AvgIpc) is 1.75. The summed E-state index contributed by atoms with van der Waals surface area (Å²) in [5.41, 5.74) is 49.7. The van der Waals surface area contributed by atoms with Crippen LogP contribution in [0.1, 0.15) is 270 Å². The molecule has 0 saturated carbocycles. The van der Waals surface area contributed by atoms with Gasteiger partial charge in [-0.2, -0.15) is 0 Å². The fourth-order valence-corrected chi connectivity index (χ4v) is 18.9. The molecule has 15 rings (SSSR count). The molecule has 0 bridgehead atoms. The van der Waals surface area contributed by atoms with Crippen molar-refractivity contribution >= 4 is 118 Å². The van der Waals surface area contributed by atoms with Crippen LogP contribution in [0.2, 0.25) is 0 Å². The largest absolute Gasteiger partial charge is 0.387 e. The summed E-state index contributed by atoms with van der Waals surface area (Å²) in [5, 5.41) is 0. The Morgan fingerprint density at radius 2 is 0.504 bits per heavy atom. The number of amidine groups is 4. The number of rotatable bonds is 29. The van der Waals surface area contributed by atoms with E-state index in [0.717, 1.165) is 316 Å². The molecule has 23 nitrogen and oxygen atoms in total. The first kappa shape index (κ1) is 103. The monoisotopic (exact) mass is 1850 g/mol. The SMILES string of the molecule is CC(=O)C1=Cc2cc(C)c(-c3ccc(C(=O)N4CCCC4)cc3)cc2N=C(N)C1.CCCCN(CCC)C(=O)C1=Cc2cc(C)c(-c3ccc(C(=O)N4CCCC4)cc3)cc2N=C(N)C1.CCCN(CCC)C(=O)C1=Cc2cc(C)c(-c3ccc(C(=O)N(CCC)CCC)cc3)cc2N=C(N)C1.CCCN(CCC)C(=O)C1=Cc2cc(C)c(-c3ccc(C(=O)N4CCCC4)cc3)cc2N=C(N)C1. The highest BCUT2D eigenvalue weighted by atomic mass is 16.2. The highest BCUT2D eigenvalue weighted by Gasteiger charge is 2.30. The molecule has 7 aliphatic heterocycles. The number of fused-ring (bicyclic) bond motifs is 4. The second-order valence-corrected chi connectivity index (χ2v) is 37.1. The Bertz CT molecular complexity index is 5980. The van der Waals surface area contributed by atoms with Crippen LogP contribution >= 0.6 is 0 Å². The molecule has 0 radical (unpaired) electrons. The van der Waals surface area contributed by atoms with Crippen molar-refractivity contribution in [3.05, 3.63) is 235 Å². The first-order chi connectivity index (χ1) is 66.0. The van der Waals surface area contributed by atoms with Gasteiger partial charge < -0.3 is 57.2 Å². The fraction of sp³-hybridized carbons (Fsp3) is 0.404. The van der Waals surface area contributed by atoms with Crippen LogP contribution in [0.4, 0.5) is 22.7 Å². The van der Waals surface area contributed by atoms with E-state index in [-0.39, 0.29) is 47.1 Å². The van der Waals surface area contributed by atoms with Crippen molar-refractivity contribution in [2.24, 2.45) is 42.9 Å². The Morgan fingerprint density at radius 1 is 0.285 bits per heavy atom. The Kier molecular flexibility index (Phi) is 36.5. The lowest BCUT2D eigenvalue weighted by Crippen LogP contribution is -2.34. The van der Waals surface area contributed by atoms with Crippen LogP contribution in [0.3, 0.4) is 0 Å². The number of benzene rings is 8. The number of nitrogens with zero attached hydrogens (tertiary/aromatic N) is 11. The molecule has 3 fully saturated rings. The quantitative estimate of drug-likeness (QED) is 0.0340. The zero-order valence-corrected chi connectivity index (χ0v) is 83.0. The van der Waals surface area contributed by atoms with E-state index in [1.165, 1.54) is 0 Å². The summed E-state index contributed by atoms with van der Waals surface area (Å²) in [5.74, 6) is 2.30. The molecule has 137 heavy (non-hydrogen) atoms. The van der Waals surface area contributed by atoms with Gasteiger partial charge in [-0.25, -0.2) is 20.0 Å². The first-order valence-electron chi connectivity index (χ1n) is 49.8. The van der Waals surface area contributed by atoms with Crippen molar-refractivity contribution in [2.75, 3.05) is 91.6 Å². The topological polar surface area (TPSA) is 313 Å². The Hall–Kier alpha value is -13.4. The molecule has 8 N–H and O–H groups in total. The molecule has 8 aromatic carbocycles. The summed E-state index contributed by atoms with van der Waals surface area (Å²) in [6.45, 7) is 37.6. The summed E-state index contributed by atoms with van der Waals surface area (Å²) in [6, 6.07) is 47.6. The minimum atomic E-state index is 0.0102. The van der Waals surface area contributed by atoms with Gasteiger partial charge in [-0.3, -0.25) is 38.4 Å². The number of hydrogen-bond donors (Lipinski definition) is 4. The molecule has 0 aliphatic carbocycles. The number of nitrogens with two attached hydrogens (primary N) is 4. The van der Waals surface area contributed by atoms with Crippen LogP contribution < -0.4 is 22.9 Å². The lowest BCUT2D eigenvalue weighted by Gasteiger charge is -2.23. The zero-order chi connectivity index (χ0) is 98.1. The highest BCUT2D eigenvalue weighted by molar-refractivity contribution is 6.10. The van der Waals surface area contributed by atoms with Gasteiger partial charge >= 0.3 is 0 Å². The van der Waals surface area contributed by atoms with Gasteiger partial charge in [0, 0.05) is 184 Å². The maximum atomic E-state index is 13.4. The maximum Gasteiger partial charge on any atom is 0.253 e. The first-order valence-corrected chi connectivity index (χ1v) is 49.8. The molecular weight excluding hydrogens is 1710 g/mol. The van der Waals surface area contributed by atoms with Crippen molar-refractivity contribution in [1.82, 2.24) is 34.3 Å². The molecule has 23 heteroatoms. The molecule has 8 aromatic rings. The summed E-state index contributed by atoms with van der Waals surface area (Å²) >= 11 is 0. The number of ketones is 1. The third-order valence-electron chi connectivity index (χ3n) is 26.0. The molecule has 0 atom stereocenters. The zero-order valence-electron chi connectivity index (χ0n) is 83.0. The van der Waals surface area contributed by atoms with Crippen molar-refractivity contribution in [2.45, 2.75) is 212 Å². The fourth-order valence-electron chi connectivity index (χ4n) is 18.9. The number of Topliss-reactive ketones (excluding diaryl/α,β-unsaturated/α-hetero) is 1. The average molecular weight is 1850 g/mol. The predicted molar refractivity (Wildman–Crippen MR) is 561 cm³/mol. The van der Waals surface area contributed by atoms with Crippen LogP contribution in [0.5, 0.6) is 0 Å².